The summed E-state index contributed by atoms with van der Waals surface area (Å²) in [6, 6.07) is 1.65. The Balaban J connectivity index is 2.28. The number of hydrogen-bond donors (Lipinski definition) is 3. The van der Waals surface area contributed by atoms with E-state index in [9.17, 15) is 27.6 Å². The molecule has 160 valence electrons. The van der Waals surface area contributed by atoms with Crippen LogP contribution < -0.4 is 21.3 Å². The van der Waals surface area contributed by atoms with Crippen LogP contribution in [-0.4, -0.2) is 50.1 Å². The lowest BCUT2D eigenvalue weighted by Crippen LogP contribution is -2.50. The van der Waals surface area contributed by atoms with E-state index in [0.29, 0.717) is 6.54 Å². The van der Waals surface area contributed by atoms with Crippen molar-refractivity contribution in [3.63, 3.8) is 0 Å². The molecule has 1 aromatic rings. The SMILES string of the molecule is CC(C)CN[C@@H](C(N)=O)C(=O)Nc1ccc(N2CCOCC2=O)c(C(F)(F)F)c1. The number of morpholine rings is 1. The molecule has 0 spiro atoms. The molecule has 29 heavy (non-hydrogen) atoms. The first kappa shape index (κ1) is 22.6. The Labute approximate surface area is 165 Å². The maximum Gasteiger partial charge on any atom is 0.418 e. The quantitative estimate of drug-likeness (QED) is 0.576. The maximum absolute atomic E-state index is 13.6. The van der Waals surface area contributed by atoms with Gasteiger partial charge < -0.3 is 20.7 Å². The molecule has 2 rings (SSSR count). The highest BCUT2D eigenvalue weighted by Gasteiger charge is 2.37. The molecule has 0 aromatic heterocycles. The summed E-state index contributed by atoms with van der Waals surface area (Å²) in [6.45, 7) is 3.80. The third-order valence-electron chi connectivity index (χ3n) is 4.12. The Morgan fingerprint density at radius 1 is 1.31 bits per heavy atom. The van der Waals surface area contributed by atoms with Crippen LogP contribution in [0.2, 0.25) is 0 Å². The van der Waals surface area contributed by atoms with Crippen LogP contribution in [-0.2, 0) is 25.3 Å². The minimum atomic E-state index is -4.77. The van der Waals surface area contributed by atoms with E-state index in [0.717, 1.165) is 17.0 Å². The van der Waals surface area contributed by atoms with Gasteiger partial charge in [0.2, 0.25) is 5.91 Å². The second-order valence-electron chi connectivity index (χ2n) is 6.95. The first-order valence-corrected chi connectivity index (χ1v) is 8.93. The fourth-order valence-corrected chi connectivity index (χ4v) is 2.74. The van der Waals surface area contributed by atoms with Gasteiger partial charge in [0.15, 0.2) is 6.04 Å². The second kappa shape index (κ2) is 9.23. The summed E-state index contributed by atoms with van der Waals surface area (Å²) in [5.74, 6) is -2.30. The number of rotatable bonds is 7. The van der Waals surface area contributed by atoms with Crippen LogP contribution in [0.1, 0.15) is 19.4 Å². The molecule has 1 aromatic carbocycles. The van der Waals surface area contributed by atoms with Gasteiger partial charge in [0, 0.05) is 12.2 Å². The highest BCUT2D eigenvalue weighted by atomic mass is 19.4. The topological polar surface area (TPSA) is 114 Å². The molecule has 1 aliphatic rings. The van der Waals surface area contributed by atoms with Crippen molar-refractivity contribution in [3.05, 3.63) is 23.8 Å². The Kier molecular flexibility index (Phi) is 7.20. The first-order chi connectivity index (χ1) is 13.5. The molecule has 3 amide bonds. The molecule has 0 radical (unpaired) electrons. The number of carbonyl (C=O) groups excluding carboxylic acids is 3. The van der Waals surface area contributed by atoms with Crippen molar-refractivity contribution in [2.75, 3.05) is 36.5 Å². The number of nitrogens with one attached hydrogen (secondary N) is 2. The number of hydrogen-bond acceptors (Lipinski definition) is 5. The maximum atomic E-state index is 13.6. The summed E-state index contributed by atoms with van der Waals surface area (Å²) in [5, 5.41) is 4.95. The van der Waals surface area contributed by atoms with Crippen LogP contribution in [0.5, 0.6) is 0 Å². The lowest BCUT2D eigenvalue weighted by atomic mass is 10.1. The van der Waals surface area contributed by atoms with E-state index in [1.807, 2.05) is 13.8 Å². The van der Waals surface area contributed by atoms with E-state index in [1.54, 1.807) is 0 Å². The molecule has 0 aliphatic carbocycles. The van der Waals surface area contributed by atoms with Crippen LogP contribution >= 0.6 is 0 Å². The summed E-state index contributed by atoms with van der Waals surface area (Å²) in [5.41, 5.74) is 3.63. The van der Waals surface area contributed by atoms with Gasteiger partial charge in [0.1, 0.15) is 6.61 Å². The fourth-order valence-electron chi connectivity index (χ4n) is 2.74. The summed E-state index contributed by atoms with van der Waals surface area (Å²) >= 11 is 0. The number of carbonyl (C=O) groups is 3. The molecule has 11 heteroatoms. The molecule has 8 nitrogen and oxygen atoms in total. The normalized spacial score (nSPS) is 16.1. The first-order valence-electron chi connectivity index (χ1n) is 8.93. The molecule has 1 heterocycles. The summed E-state index contributed by atoms with van der Waals surface area (Å²) in [4.78, 5) is 36.8. The molecule has 1 atom stereocenters. The Hall–Kier alpha value is -2.66. The molecule has 0 saturated carbocycles. The van der Waals surface area contributed by atoms with Gasteiger partial charge in [-0.3, -0.25) is 19.7 Å². The number of primary amides is 1. The lowest BCUT2D eigenvalue weighted by Gasteiger charge is -2.29. The average molecular weight is 416 g/mol. The lowest BCUT2D eigenvalue weighted by molar-refractivity contribution is -0.137. The number of halogens is 3. The molecule has 0 unspecified atom stereocenters. The van der Waals surface area contributed by atoms with Gasteiger partial charge >= 0.3 is 6.18 Å². The molecule has 4 N–H and O–H groups in total. The van der Waals surface area contributed by atoms with Crippen LogP contribution in [0, 0.1) is 5.92 Å². The number of alkyl halides is 3. The van der Waals surface area contributed by atoms with Gasteiger partial charge in [-0.05, 0) is 30.7 Å². The van der Waals surface area contributed by atoms with Gasteiger partial charge in [0.25, 0.3) is 11.8 Å². The van der Waals surface area contributed by atoms with Crippen molar-refractivity contribution in [1.29, 1.82) is 0 Å². The second-order valence-corrected chi connectivity index (χ2v) is 6.95. The number of benzene rings is 1. The summed E-state index contributed by atoms with van der Waals surface area (Å²) in [6.07, 6.45) is -4.77. The molecule has 1 aliphatic heterocycles. The van der Waals surface area contributed by atoms with Crippen molar-refractivity contribution < 1.29 is 32.3 Å². The average Bonchev–Trinajstić information content (AvgIpc) is 2.61. The minimum absolute atomic E-state index is 0.0174. The van der Waals surface area contributed by atoms with Gasteiger partial charge in [-0.1, -0.05) is 13.8 Å². The Morgan fingerprint density at radius 3 is 2.55 bits per heavy atom. The van der Waals surface area contributed by atoms with Crippen LogP contribution in [0.15, 0.2) is 18.2 Å². The van der Waals surface area contributed by atoms with Crippen molar-refractivity contribution in [2.45, 2.75) is 26.1 Å². The van der Waals surface area contributed by atoms with Gasteiger partial charge in [0.05, 0.1) is 17.9 Å². The fraction of sp³-hybridized carbons (Fsp3) is 0.500. The highest BCUT2D eigenvalue weighted by Crippen LogP contribution is 2.38. The van der Waals surface area contributed by atoms with Crippen LogP contribution in [0.25, 0.3) is 0 Å². The predicted molar refractivity (Wildman–Crippen MR) is 99.1 cm³/mol. The van der Waals surface area contributed by atoms with E-state index < -0.39 is 35.5 Å². The highest BCUT2D eigenvalue weighted by molar-refractivity contribution is 6.09. The Bertz CT molecular complexity index is 783. The molecular formula is C18H23F3N4O4. The van der Waals surface area contributed by atoms with E-state index in [-0.39, 0.29) is 37.1 Å². The predicted octanol–water partition coefficient (Wildman–Crippen LogP) is 1.11. The van der Waals surface area contributed by atoms with Gasteiger partial charge in [-0.15, -0.1) is 0 Å². The largest absolute Gasteiger partial charge is 0.418 e. The van der Waals surface area contributed by atoms with Crippen LogP contribution in [0.4, 0.5) is 24.5 Å². The number of amides is 3. The van der Waals surface area contributed by atoms with Crippen molar-refractivity contribution in [3.8, 4) is 0 Å². The van der Waals surface area contributed by atoms with Crippen molar-refractivity contribution >= 4 is 29.1 Å². The zero-order valence-corrected chi connectivity index (χ0v) is 16.0. The van der Waals surface area contributed by atoms with Gasteiger partial charge in [-0.25, -0.2) is 0 Å². The number of nitrogens with two attached hydrogens (primary N) is 1. The number of anilines is 2. The molecule has 1 fully saturated rings. The molecule has 1 saturated heterocycles. The van der Waals surface area contributed by atoms with Crippen LogP contribution in [0.3, 0.4) is 0 Å². The van der Waals surface area contributed by atoms with Crippen molar-refractivity contribution in [2.24, 2.45) is 11.7 Å². The summed E-state index contributed by atoms with van der Waals surface area (Å²) in [7, 11) is 0. The van der Waals surface area contributed by atoms with Crippen molar-refractivity contribution in [1.82, 2.24) is 5.32 Å². The monoisotopic (exact) mass is 416 g/mol. The molecular weight excluding hydrogens is 393 g/mol. The van der Waals surface area contributed by atoms with E-state index in [2.05, 4.69) is 10.6 Å². The smallest absolute Gasteiger partial charge is 0.370 e. The zero-order chi connectivity index (χ0) is 21.8. The van der Waals surface area contributed by atoms with E-state index in [1.165, 1.54) is 6.07 Å². The number of ether oxygens (including phenoxy) is 1. The number of nitrogens with zero attached hydrogens (tertiary/aromatic N) is 1. The van der Waals surface area contributed by atoms with Gasteiger partial charge in [-0.2, -0.15) is 13.2 Å². The minimum Gasteiger partial charge on any atom is -0.370 e. The summed E-state index contributed by atoms with van der Waals surface area (Å²) < 4.78 is 45.7. The third-order valence-corrected chi connectivity index (χ3v) is 4.12. The Morgan fingerprint density at radius 2 is 2.00 bits per heavy atom. The zero-order valence-electron chi connectivity index (χ0n) is 16.0. The molecule has 0 bridgehead atoms. The third kappa shape index (κ3) is 5.91. The standard InChI is InChI=1S/C18H23F3N4O4/c1-10(2)8-23-15(16(22)27)17(28)24-11-3-4-13(12(7-11)18(19,20)21)25-5-6-29-9-14(25)26/h3-4,7,10,15,23H,5-6,8-9H2,1-2H3,(H2,22,27)(H,24,28)/t15-/m0/s1. The van der Waals surface area contributed by atoms with E-state index >= 15 is 0 Å². The van der Waals surface area contributed by atoms with E-state index in [4.69, 9.17) is 10.5 Å².